The molecule has 1 aliphatic rings. The maximum absolute atomic E-state index is 6.92. The SMILES string of the molecule is Clc1cc2c(cc1Cl)c1c3ccccc3c3ccccc3c1c1ccc3c(c21)-c1ccccc1C3(c1ccccc1)c1ccccc1. The van der Waals surface area contributed by atoms with Gasteiger partial charge in [-0.1, -0.05) is 169 Å². The fourth-order valence-electron chi connectivity index (χ4n) is 8.68. The first-order valence-corrected chi connectivity index (χ1v) is 16.8. The smallest absolute Gasteiger partial charge is 0.0713 e. The summed E-state index contributed by atoms with van der Waals surface area (Å²) in [5, 5.41) is 13.2. The van der Waals surface area contributed by atoms with E-state index in [0.29, 0.717) is 10.0 Å². The molecule has 0 unspecified atom stereocenters. The second-order valence-corrected chi connectivity index (χ2v) is 13.4. The number of halogens is 2. The third-order valence-corrected chi connectivity index (χ3v) is 11.1. The highest BCUT2D eigenvalue weighted by molar-refractivity contribution is 6.46. The second-order valence-electron chi connectivity index (χ2n) is 12.6. The summed E-state index contributed by atoms with van der Waals surface area (Å²) in [6.07, 6.45) is 0. The van der Waals surface area contributed by atoms with Crippen molar-refractivity contribution in [2.24, 2.45) is 0 Å². The molecule has 0 nitrogen and oxygen atoms in total. The number of hydrogen-bond acceptors (Lipinski definition) is 0. The fraction of sp³-hybridized carbons (Fsp3) is 0.0222. The van der Waals surface area contributed by atoms with Crippen molar-refractivity contribution in [2.45, 2.75) is 5.41 Å². The molecule has 0 radical (unpaired) electrons. The molecule has 9 aromatic rings. The Morgan fingerprint density at radius 1 is 0.340 bits per heavy atom. The van der Waals surface area contributed by atoms with Crippen LogP contribution in [0.2, 0.25) is 10.0 Å². The summed E-state index contributed by atoms with van der Waals surface area (Å²) >= 11 is 13.8. The van der Waals surface area contributed by atoms with Crippen LogP contribution in [0.5, 0.6) is 0 Å². The predicted molar refractivity (Wildman–Crippen MR) is 201 cm³/mol. The molecule has 0 amide bonds. The van der Waals surface area contributed by atoms with Crippen LogP contribution in [0.25, 0.3) is 65.0 Å². The summed E-state index contributed by atoms with van der Waals surface area (Å²) in [5.41, 5.74) is 7.08. The minimum Gasteiger partial charge on any atom is -0.0827 e. The minimum atomic E-state index is -0.494. The van der Waals surface area contributed by atoms with Gasteiger partial charge in [0.25, 0.3) is 0 Å². The van der Waals surface area contributed by atoms with E-state index in [4.69, 9.17) is 23.2 Å². The highest BCUT2D eigenvalue weighted by Gasteiger charge is 2.46. The Balaban J connectivity index is 1.52. The fourth-order valence-corrected chi connectivity index (χ4v) is 9.01. The number of benzene rings is 9. The van der Waals surface area contributed by atoms with Crippen LogP contribution in [0.15, 0.2) is 158 Å². The van der Waals surface area contributed by atoms with Crippen LogP contribution in [-0.2, 0) is 5.41 Å². The molecule has 0 N–H and O–H groups in total. The van der Waals surface area contributed by atoms with Crippen LogP contribution in [0, 0.1) is 0 Å². The van der Waals surface area contributed by atoms with E-state index in [1.54, 1.807) is 0 Å². The summed E-state index contributed by atoms with van der Waals surface area (Å²) in [4.78, 5) is 0. The van der Waals surface area contributed by atoms with E-state index < -0.39 is 5.41 Å². The summed E-state index contributed by atoms with van der Waals surface area (Å²) in [5.74, 6) is 0. The van der Waals surface area contributed by atoms with Gasteiger partial charge in [0.05, 0.1) is 15.5 Å². The Hall–Kier alpha value is -5.14. The van der Waals surface area contributed by atoms with E-state index in [1.807, 2.05) is 0 Å². The molecule has 9 aromatic carbocycles. The molecular formula is C45H26Cl2. The lowest BCUT2D eigenvalue weighted by Crippen LogP contribution is -2.28. The van der Waals surface area contributed by atoms with Crippen LogP contribution < -0.4 is 0 Å². The molecule has 0 atom stereocenters. The average molecular weight is 638 g/mol. The van der Waals surface area contributed by atoms with Gasteiger partial charge >= 0.3 is 0 Å². The van der Waals surface area contributed by atoms with Gasteiger partial charge in [0.15, 0.2) is 0 Å². The second kappa shape index (κ2) is 9.93. The van der Waals surface area contributed by atoms with Crippen LogP contribution in [0.3, 0.4) is 0 Å². The monoisotopic (exact) mass is 636 g/mol. The van der Waals surface area contributed by atoms with Crippen LogP contribution in [0.4, 0.5) is 0 Å². The van der Waals surface area contributed by atoms with Crippen LogP contribution >= 0.6 is 23.2 Å². The molecule has 0 spiro atoms. The van der Waals surface area contributed by atoms with Crippen LogP contribution in [0.1, 0.15) is 22.3 Å². The van der Waals surface area contributed by atoms with Gasteiger partial charge in [-0.3, -0.25) is 0 Å². The van der Waals surface area contributed by atoms with Crippen molar-refractivity contribution in [1.29, 1.82) is 0 Å². The van der Waals surface area contributed by atoms with Crippen molar-refractivity contribution in [3.63, 3.8) is 0 Å². The minimum absolute atomic E-state index is 0.494. The maximum atomic E-state index is 6.92. The molecule has 0 bridgehead atoms. The van der Waals surface area contributed by atoms with E-state index in [9.17, 15) is 0 Å². The molecule has 0 aromatic heterocycles. The van der Waals surface area contributed by atoms with Crippen LogP contribution in [-0.4, -0.2) is 0 Å². The van der Waals surface area contributed by atoms with Gasteiger partial charge in [-0.25, -0.2) is 0 Å². The van der Waals surface area contributed by atoms with Gasteiger partial charge in [0, 0.05) is 0 Å². The average Bonchev–Trinajstić information content (AvgIpc) is 3.44. The van der Waals surface area contributed by atoms with E-state index in [1.165, 1.54) is 76.5 Å². The van der Waals surface area contributed by atoms with E-state index in [2.05, 4.69) is 158 Å². The topological polar surface area (TPSA) is 0 Å². The first kappa shape index (κ1) is 27.0. The molecule has 47 heavy (non-hydrogen) atoms. The third kappa shape index (κ3) is 3.50. The highest BCUT2D eigenvalue weighted by atomic mass is 35.5. The van der Waals surface area contributed by atoms with Gasteiger partial charge in [0.2, 0.25) is 0 Å². The van der Waals surface area contributed by atoms with Crippen molar-refractivity contribution in [3.05, 3.63) is 190 Å². The molecule has 2 heteroatoms. The van der Waals surface area contributed by atoms with Crippen molar-refractivity contribution < 1.29 is 0 Å². The maximum Gasteiger partial charge on any atom is 0.0713 e. The van der Waals surface area contributed by atoms with Gasteiger partial charge in [-0.2, -0.15) is 0 Å². The number of rotatable bonds is 2. The molecule has 0 saturated carbocycles. The summed E-state index contributed by atoms with van der Waals surface area (Å²) < 4.78 is 0. The zero-order chi connectivity index (χ0) is 31.3. The summed E-state index contributed by atoms with van der Waals surface area (Å²) in [6.45, 7) is 0. The quantitative estimate of drug-likeness (QED) is 0.166. The zero-order valence-electron chi connectivity index (χ0n) is 25.3. The first-order valence-electron chi connectivity index (χ1n) is 16.0. The molecule has 1 aliphatic carbocycles. The highest BCUT2D eigenvalue weighted by Crippen LogP contribution is 2.59. The van der Waals surface area contributed by atoms with Gasteiger partial charge < -0.3 is 0 Å². The Morgan fingerprint density at radius 3 is 1.40 bits per heavy atom. The van der Waals surface area contributed by atoms with Gasteiger partial charge in [-0.15, -0.1) is 0 Å². The molecule has 220 valence electrons. The molecule has 0 saturated heterocycles. The summed E-state index contributed by atoms with van der Waals surface area (Å²) in [6, 6.07) is 57.4. The largest absolute Gasteiger partial charge is 0.0827 e. The zero-order valence-corrected chi connectivity index (χ0v) is 26.8. The molecule has 0 fully saturated rings. The molecule has 0 aliphatic heterocycles. The Labute approximate surface area is 282 Å². The normalized spacial score (nSPS) is 13.5. The Kier molecular flexibility index (Phi) is 5.71. The van der Waals surface area contributed by atoms with E-state index >= 15 is 0 Å². The summed E-state index contributed by atoms with van der Waals surface area (Å²) in [7, 11) is 0. The Bertz CT molecular complexity index is 2700. The van der Waals surface area contributed by atoms with Crippen molar-refractivity contribution >= 4 is 77.1 Å². The van der Waals surface area contributed by atoms with Crippen molar-refractivity contribution in [3.8, 4) is 11.1 Å². The van der Waals surface area contributed by atoms with Gasteiger partial charge in [0.1, 0.15) is 0 Å². The predicted octanol–water partition coefficient (Wildman–Crippen LogP) is 13.1. The molecule has 10 rings (SSSR count). The lowest BCUT2D eigenvalue weighted by molar-refractivity contribution is 0.769. The van der Waals surface area contributed by atoms with Crippen molar-refractivity contribution in [2.75, 3.05) is 0 Å². The van der Waals surface area contributed by atoms with Crippen molar-refractivity contribution in [1.82, 2.24) is 0 Å². The lowest BCUT2D eigenvalue weighted by atomic mass is 9.67. The third-order valence-electron chi connectivity index (χ3n) is 10.4. The standard InChI is InChI=1S/C45H26Cl2/c46-39-25-35-36(26-40(39)47)43-34(41-31-19-9-7-17-29(31)30-18-8-10-20-32(30)42(35)41)23-24-38-44(43)33-21-11-12-22-37(33)45(38,27-13-3-1-4-14-27)28-15-5-2-6-16-28/h1-26H. The number of fused-ring (bicyclic) bond motifs is 15. The lowest BCUT2D eigenvalue weighted by Gasteiger charge is -2.34. The molecule has 0 heterocycles. The first-order chi connectivity index (χ1) is 23.2. The van der Waals surface area contributed by atoms with E-state index in [-0.39, 0.29) is 0 Å². The number of hydrogen-bond donors (Lipinski definition) is 0. The Morgan fingerprint density at radius 2 is 0.809 bits per heavy atom. The molecular weight excluding hydrogens is 611 g/mol. The van der Waals surface area contributed by atoms with E-state index in [0.717, 1.165) is 10.8 Å². The van der Waals surface area contributed by atoms with Gasteiger partial charge in [-0.05, 0) is 99.4 Å².